The third-order valence-corrected chi connectivity index (χ3v) is 3.65. The Hall–Kier alpha value is -2.38. The number of carbonyl (C=O) groups is 1. The summed E-state index contributed by atoms with van der Waals surface area (Å²) in [4.78, 5) is 14.7. The van der Waals surface area contributed by atoms with Crippen molar-refractivity contribution in [2.75, 3.05) is 7.05 Å². The van der Waals surface area contributed by atoms with Gasteiger partial charge in [0.15, 0.2) is 0 Å². The van der Waals surface area contributed by atoms with Crippen molar-refractivity contribution in [2.24, 2.45) is 0 Å². The standard InChI is InChI=1S/C16H14N2OS/c1-18(12-14-6-4-13(11-17)5-7-14)16(19)9-8-15-3-2-10-20-15/h2-10H,12H2,1H3/b9-8+. The van der Waals surface area contributed by atoms with Crippen LogP contribution < -0.4 is 0 Å². The number of thiophene rings is 1. The van der Waals surface area contributed by atoms with E-state index in [9.17, 15) is 4.79 Å². The summed E-state index contributed by atoms with van der Waals surface area (Å²) in [5.41, 5.74) is 1.63. The molecule has 0 N–H and O–H groups in total. The Morgan fingerprint density at radius 1 is 1.35 bits per heavy atom. The van der Waals surface area contributed by atoms with Gasteiger partial charge in [-0.2, -0.15) is 5.26 Å². The van der Waals surface area contributed by atoms with Crippen LogP contribution in [0.15, 0.2) is 47.9 Å². The predicted molar refractivity (Wildman–Crippen MR) is 81.0 cm³/mol. The minimum atomic E-state index is -0.0391. The summed E-state index contributed by atoms with van der Waals surface area (Å²) in [6.45, 7) is 0.527. The maximum atomic E-state index is 12.0. The predicted octanol–water partition coefficient (Wildman–Crippen LogP) is 3.29. The lowest BCUT2D eigenvalue weighted by Gasteiger charge is -2.15. The van der Waals surface area contributed by atoms with Gasteiger partial charge in [0.25, 0.3) is 0 Å². The van der Waals surface area contributed by atoms with E-state index in [1.807, 2.05) is 35.7 Å². The molecule has 1 aromatic heterocycles. The summed E-state index contributed by atoms with van der Waals surface area (Å²) >= 11 is 1.60. The lowest BCUT2D eigenvalue weighted by molar-refractivity contribution is -0.125. The van der Waals surface area contributed by atoms with Crippen LogP contribution in [0.4, 0.5) is 0 Å². The van der Waals surface area contributed by atoms with Gasteiger partial charge >= 0.3 is 0 Å². The molecule has 0 aliphatic carbocycles. The van der Waals surface area contributed by atoms with E-state index in [4.69, 9.17) is 5.26 Å². The van der Waals surface area contributed by atoms with Gasteiger partial charge in [0, 0.05) is 24.5 Å². The van der Waals surface area contributed by atoms with Crippen LogP contribution in [-0.2, 0) is 11.3 Å². The molecule has 0 fully saturated rings. The summed E-state index contributed by atoms with van der Waals surface area (Å²) < 4.78 is 0. The van der Waals surface area contributed by atoms with Gasteiger partial charge in [0.1, 0.15) is 0 Å². The van der Waals surface area contributed by atoms with Gasteiger partial charge in [-0.1, -0.05) is 18.2 Å². The Bertz CT molecular complexity index is 636. The first-order valence-electron chi connectivity index (χ1n) is 6.15. The highest BCUT2D eigenvalue weighted by molar-refractivity contribution is 7.10. The number of nitrogens with zero attached hydrogens (tertiary/aromatic N) is 2. The first-order valence-corrected chi connectivity index (χ1v) is 7.03. The number of likely N-dealkylation sites (N-methyl/N-ethyl adjacent to an activating group) is 1. The van der Waals surface area contributed by atoms with Crippen LogP contribution in [0.25, 0.3) is 6.08 Å². The van der Waals surface area contributed by atoms with Crippen LogP contribution in [-0.4, -0.2) is 17.9 Å². The molecule has 2 aromatic rings. The van der Waals surface area contributed by atoms with Gasteiger partial charge in [0.2, 0.25) is 5.91 Å². The van der Waals surface area contributed by atoms with Crippen molar-refractivity contribution in [3.8, 4) is 6.07 Å². The molecule has 0 radical (unpaired) electrons. The van der Waals surface area contributed by atoms with E-state index in [0.717, 1.165) is 10.4 Å². The van der Waals surface area contributed by atoms with Crippen molar-refractivity contribution in [1.82, 2.24) is 4.90 Å². The maximum Gasteiger partial charge on any atom is 0.246 e. The van der Waals surface area contributed by atoms with Gasteiger partial charge in [0.05, 0.1) is 11.6 Å². The molecule has 0 bridgehead atoms. The number of hydrogen-bond donors (Lipinski definition) is 0. The second-order valence-corrected chi connectivity index (χ2v) is 5.33. The third kappa shape index (κ3) is 3.81. The topological polar surface area (TPSA) is 44.1 Å². The summed E-state index contributed by atoms with van der Waals surface area (Å²) in [6.07, 6.45) is 3.40. The molecular weight excluding hydrogens is 268 g/mol. The van der Waals surface area contributed by atoms with E-state index in [0.29, 0.717) is 12.1 Å². The van der Waals surface area contributed by atoms with Crippen molar-refractivity contribution in [3.63, 3.8) is 0 Å². The minimum absolute atomic E-state index is 0.0391. The Kier molecular flexibility index (Phi) is 4.70. The van der Waals surface area contributed by atoms with E-state index in [2.05, 4.69) is 6.07 Å². The van der Waals surface area contributed by atoms with E-state index < -0.39 is 0 Å². The fourth-order valence-corrected chi connectivity index (χ4v) is 2.32. The number of rotatable bonds is 4. The zero-order valence-corrected chi connectivity index (χ0v) is 11.9. The Morgan fingerprint density at radius 3 is 2.70 bits per heavy atom. The van der Waals surface area contributed by atoms with Crippen molar-refractivity contribution < 1.29 is 4.79 Å². The molecule has 4 heteroatoms. The molecule has 0 saturated carbocycles. The van der Waals surface area contributed by atoms with Crippen LogP contribution in [0.2, 0.25) is 0 Å². The average Bonchev–Trinajstić information content (AvgIpc) is 2.98. The molecule has 0 aliphatic heterocycles. The Labute approximate surface area is 122 Å². The zero-order chi connectivity index (χ0) is 14.4. The van der Waals surface area contributed by atoms with E-state index >= 15 is 0 Å². The second-order valence-electron chi connectivity index (χ2n) is 4.35. The van der Waals surface area contributed by atoms with Crippen LogP contribution in [0.1, 0.15) is 16.0 Å². The number of carbonyl (C=O) groups excluding carboxylic acids is 1. The minimum Gasteiger partial charge on any atom is -0.338 e. The van der Waals surface area contributed by atoms with E-state index in [1.54, 1.807) is 41.5 Å². The molecule has 3 nitrogen and oxygen atoms in total. The highest BCUT2D eigenvalue weighted by atomic mass is 32.1. The summed E-state index contributed by atoms with van der Waals surface area (Å²) in [5.74, 6) is -0.0391. The van der Waals surface area contributed by atoms with Crippen LogP contribution in [0.5, 0.6) is 0 Å². The molecule has 20 heavy (non-hydrogen) atoms. The highest BCUT2D eigenvalue weighted by Gasteiger charge is 2.05. The Balaban J connectivity index is 1.95. The molecule has 1 heterocycles. The largest absolute Gasteiger partial charge is 0.338 e. The molecule has 0 spiro atoms. The molecule has 2 rings (SSSR count). The number of benzene rings is 1. The monoisotopic (exact) mass is 282 g/mol. The fourth-order valence-electron chi connectivity index (χ4n) is 1.70. The van der Waals surface area contributed by atoms with E-state index in [-0.39, 0.29) is 5.91 Å². The SMILES string of the molecule is CN(Cc1ccc(C#N)cc1)C(=O)/C=C/c1cccs1. The lowest BCUT2D eigenvalue weighted by atomic mass is 10.1. The molecule has 100 valence electrons. The van der Waals surface area contributed by atoms with Gasteiger partial charge in [-0.15, -0.1) is 11.3 Å². The molecule has 1 amide bonds. The van der Waals surface area contributed by atoms with Gasteiger partial charge < -0.3 is 4.90 Å². The average molecular weight is 282 g/mol. The van der Waals surface area contributed by atoms with Crippen LogP contribution in [0.3, 0.4) is 0 Å². The van der Waals surface area contributed by atoms with Crippen LogP contribution in [0, 0.1) is 11.3 Å². The van der Waals surface area contributed by atoms with Crippen molar-refractivity contribution in [3.05, 3.63) is 63.9 Å². The highest BCUT2D eigenvalue weighted by Crippen LogP contribution is 2.11. The molecule has 0 unspecified atom stereocenters. The second kappa shape index (κ2) is 6.69. The van der Waals surface area contributed by atoms with Gasteiger partial charge in [-0.3, -0.25) is 4.79 Å². The van der Waals surface area contributed by atoms with Crippen molar-refractivity contribution in [1.29, 1.82) is 5.26 Å². The number of amides is 1. The van der Waals surface area contributed by atoms with Crippen molar-refractivity contribution in [2.45, 2.75) is 6.54 Å². The lowest BCUT2D eigenvalue weighted by Crippen LogP contribution is -2.24. The normalized spacial score (nSPS) is 10.4. The Morgan fingerprint density at radius 2 is 2.10 bits per heavy atom. The third-order valence-electron chi connectivity index (χ3n) is 2.81. The summed E-state index contributed by atoms with van der Waals surface area (Å²) in [6, 6.07) is 13.2. The molecule has 0 atom stereocenters. The molecule has 0 saturated heterocycles. The summed E-state index contributed by atoms with van der Waals surface area (Å²) in [7, 11) is 1.76. The van der Waals surface area contributed by atoms with Gasteiger partial charge in [-0.05, 0) is 35.2 Å². The van der Waals surface area contributed by atoms with Crippen molar-refractivity contribution >= 4 is 23.3 Å². The summed E-state index contributed by atoms with van der Waals surface area (Å²) in [5, 5.41) is 10.7. The van der Waals surface area contributed by atoms with Gasteiger partial charge in [-0.25, -0.2) is 0 Å². The smallest absolute Gasteiger partial charge is 0.246 e. The molecule has 1 aromatic carbocycles. The maximum absolute atomic E-state index is 12.0. The zero-order valence-electron chi connectivity index (χ0n) is 11.1. The molecule has 0 aliphatic rings. The number of hydrogen-bond acceptors (Lipinski definition) is 3. The first kappa shape index (κ1) is 14.0. The number of nitriles is 1. The van der Waals surface area contributed by atoms with Crippen LogP contribution >= 0.6 is 11.3 Å². The fraction of sp³-hybridized carbons (Fsp3) is 0.125. The van der Waals surface area contributed by atoms with E-state index in [1.165, 1.54) is 0 Å². The quantitative estimate of drug-likeness (QED) is 0.808. The molecular formula is C16H14N2OS. The first-order chi connectivity index (χ1) is 9.69.